The first-order chi connectivity index (χ1) is 22.5. The Morgan fingerprint density at radius 2 is 1.83 bits per heavy atom. The number of benzene rings is 1. The van der Waals surface area contributed by atoms with Crippen LogP contribution in [0, 0.1) is 23.5 Å². The molecule has 3 aromatic heterocycles. The number of nitrogens with one attached hydrogen (secondary N) is 1. The van der Waals surface area contributed by atoms with E-state index in [2.05, 4.69) is 32.1 Å². The van der Waals surface area contributed by atoms with Crippen LogP contribution in [0.15, 0.2) is 55.0 Å². The summed E-state index contributed by atoms with van der Waals surface area (Å²) in [4.78, 5) is 31.5. The van der Waals surface area contributed by atoms with E-state index in [0.717, 1.165) is 56.7 Å². The lowest BCUT2D eigenvalue weighted by Crippen LogP contribution is -2.34. The van der Waals surface area contributed by atoms with E-state index in [-0.39, 0.29) is 17.7 Å². The number of hydrogen-bond donors (Lipinski definition) is 1. The number of pyridine rings is 1. The minimum Gasteiger partial charge on any atom is -0.379 e. The fraction of sp³-hybridized carbons (Fsp3) is 0.500. The molecule has 0 spiro atoms. The zero-order valence-corrected chi connectivity index (χ0v) is 26.7. The fourth-order valence-corrected chi connectivity index (χ4v) is 6.40. The molecule has 4 aromatic rings. The molecule has 1 fully saturated rings. The smallest absolute Gasteiger partial charge is 0.223 e. The number of unbranched alkanes of at least 4 members (excludes halogenated alkanes) is 2. The first-order valence-electron chi connectivity index (χ1n) is 16.6. The maximum Gasteiger partial charge on any atom is 0.223 e. The number of halogens is 2. The van der Waals surface area contributed by atoms with Gasteiger partial charge in [-0.15, -0.1) is 0 Å². The number of ether oxygens (including phenoxy) is 2. The molecule has 0 saturated heterocycles. The average Bonchev–Trinajstić information content (AvgIpc) is 3.48. The molecular weight excluding hydrogens is 588 g/mol. The van der Waals surface area contributed by atoms with Crippen LogP contribution in [0.4, 0.5) is 8.78 Å². The summed E-state index contributed by atoms with van der Waals surface area (Å²) in [5.41, 5.74) is 2.59. The number of fused-ring (bicyclic) bond motifs is 1. The third kappa shape index (κ3) is 9.62. The highest BCUT2D eigenvalue weighted by Gasteiger charge is 2.27. The van der Waals surface area contributed by atoms with Crippen molar-refractivity contribution >= 4 is 16.9 Å². The van der Waals surface area contributed by atoms with Gasteiger partial charge in [0, 0.05) is 49.9 Å². The lowest BCUT2D eigenvalue weighted by molar-refractivity contribution is -0.133. The van der Waals surface area contributed by atoms with Gasteiger partial charge in [-0.3, -0.25) is 4.79 Å². The Kier molecular flexibility index (Phi) is 12.6. The van der Waals surface area contributed by atoms with Gasteiger partial charge in [-0.2, -0.15) is 0 Å². The third-order valence-corrected chi connectivity index (χ3v) is 8.75. The first-order valence-corrected chi connectivity index (χ1v) is 16.6. The molecule has 10 heteroatoms. The molecule has 5 rings (SSSR count). The molecule has 1 aliphatic carbocycles. The number of amides is 1. The monoisotopic (exact) mass is 633 g/mol. The topological polar surface area (TPSA) is 93.2 Å². The lowest BCUT2D eigenvalue weighted by atomic mass is 9.77. The van der Waals surface area contributed by atoms with Crippen molar-refractivity contribution in [2.75, 3.05) is 33.0 Å². The van der Waals surface area contributed by atoms with Gasteiger partial charge < -0.3 is 19.4 Å². The van der Waals surface area contributed by atoms with Crippen LogP contribution in [0.5, 0.6) is 0 Å². The Balaban J connectivity index is 1.16. The summed E-state index contributed by atoms with van der Waals surface area (Å²) in [5, 5.41) is 0.555. The summed E-state index contributed by atoms with van der Waals surface area (Å²) >= 11 is 0. The summed E-state index contributed by atoms with van der Waals surface area (Å²) in [5.74, 6) is 0.0789. The van der Waals surface area contributed by atoms with Gasteiger partial charge in [-0.25, -0.2) is 23.7 Å². The molecule has 1 N–H and O–H groups in total. The molecule has 1 saturated carbocycles. The molecule has 246 valence electrons. The van der Waals surface area contributed by atoms with Crippen molar-refractivity contribution in [3.8, 4) is 11.4 Å². The van der Waals surface area contributed by atoms with Crippen molar-refractivity contribution in [1.29, 1.82) is 0 Å². The molecule has 0 radical (unpaired) electrons. The van der Waals surface area contributed by atoms with E-state index < -0.39 is 11.6 Å². The van der Waals surface area contributed by atoms with Crippen molar-refractivity contribution in [2.45, 2.75) is 71.3 Å². The summed E-state index contributed by atoms with van der Waals surface area (Å²) in [6, 6.07) is 11.5. The molecule has 2 atom stereocenters. The van der Waals surface area contributed by atoms with E-state index in [1.807, 2.05) is 30.0 Å². The summed E-state index contributed by atoms with van der Waals surface area (Å²) in [7, 11) is 0. The van der Waals surface area contributed by atoms with Gasteiger partial charge in [-0.1, -0.05) is 43.2 Å². The van der Waals surface area contributed by atoms with Crippen LogP contribution < -0.4 is 0 Å². The van der Waals surface area contributed by atoms with Gasteiger partial charge in [0.25, 0.3) is 0 Å². The number of aromatic nitrogens is 4. The molecule has 1 amide bonds. The predicted octanol–water partition coefficient (Wildman–Crippen LogP) is 7.29. The van der Waals surface area contributed by atoms with Crippen molar-refractivity contribution in [3.63, 3.8) is 0 Å². The standard InChI is InChI=1S/C36H45F2N5O3/c1-2-45-16-17-46-15-8-4-7-14-43(25-26-10-5-3-6-11-26)34(44)20-28-13-9-12-27(18-28)19-33-32(38)24-41-36(42-33)31-23-40-35-30(31)21-29(37)22-39-35/h3,5-6,10-11,21-24,27-28H,2,4,7-9,12-20,25H2,1H3,(H,39,40)/t27-,28+/m0/s1. The van der Waals surface area contributed by atoms with Crippen molar-refractivity contribution in [3.05, 3.63) is 77.9 Å². The largest absolute Gasteiger partial charge is 0.379 e. The van der Waals surface area contributed by atoms with Gasteiger partial charge in [0.05, 0.1) is 31.3 Å². The molecule has 0 aliphatic heterocycles. The third-order valence-electron chi connectivity index (χ3n) is 8.75. The first kappa shape index (κ1) is 33.6. The molecule has 3 heterocycles. The van der Waals surface area contributed by atoms with E-state index in [1.54, 1.807) is 6.20 Å². The number of hydrogen-bond acceptors (Lipinski definition) is 6. The molecule has 1 aliphatic rings. The van der Waals surface area contributed by atoms with Crippen LogP contribution in [0.1, 0.15) is 69.5 Å². The predicted molar refractivity (Wildman–Crippen MR) is 174 cm³/mol. The second-order valence-electron chi connectivity index (χ2n) is 12.2. The fourth-order valence-electron chi connectivity index (χ4n) is 6.40. The Labute approximate surface area is 270 Å². The summed E-state index contributed by atoms with van der Waals surface area (Å²) in [6.45, 7) is 5.93. The summed E-state index contributed by atoms with van der Waals surface area (Å²) < 4.78 is 39.8. The maximum atomic E-state index is 15.0. The van der Waals surface area contributed by atoms with Crippen molar-refractivity contribution < 1.29 is 23.0 Å². The minimum absolute atomic E-state index is 0.179. The van der Waals surface area contributed by atoms with Crippen LogP contribution in [-0.4, -0.2) is 63.7 Å². The molecular formula is C36H45F2N5O3. The van der Waals surface area contributed by atoms with Crippen molar-refractivity contribution in [1.82, 2.24) is 24.8 Å². The van der Waals surface area contributed by atoms with E-state index in [1.165, 1.54) is 12.3 Å². The van der Waals surface area contributed by atoms with E-state index in [0.29, 0.717) is 80.5 Å². The molecule has 1 aromatic carbocycles. The Morgan fingerprint density at radius 1 is 1.00 bits per heavy atom. The normalized spacial score (nSPS) is 16.6. The zero-order chi connectivity index (χ0) is 32.1. The van der Waals surface area contributed by atoms with E-state index in [4.69, 9.17) is 9.47 Å². The highest BCUT2D eigenvalue weighted by atomic mass is 19.1. The van der Waals surface area contributed by atoms with Gasteiger partial charge in [-0.05, 0) is 68.9 Å². The number of aromatic amines is 1. The number of H-pyrrole nitrogens is 1. The number of rotatable bonds is 17. The van der Waals surface area contributed by atoms with E-state index >= 15 is 0 Å². The maximum absolute atomic E-state index is 15.0. The number of nitrogens with zero attached hydrogens (tertiary/aromatic N) is 4. The van der Waals surface area contributed by atoms with Crippen LogP contribution in [0.2, 0.25) is 0 Å². The van der Waals surface area contributed by atoms with Gasteiger partial charge in [0.1, 0.15) is 11.5 Å². The van der Waals surface area contributed by atoms with Gasteiger partial charge >= 0.3 is 0 Å². The van der Waals surface area contributed by atoms with E-state index in [9.17, 15) is 13.6 Å². The highest BCUT2D eigenvalue weighted by molar-refractivity contribution is 5.91. The SMILES string of the molecule is CCOCCOCCCCCN(Cc1ccccc1)C(=O)C[C@@H]1CCC[C@H](Cc2nc(-c3c[nH]c4ncc(F)cc34)ncc2F)C1. The molecule has 46 heavy (non-hydrogen) atoms. The number of carbonyl (C=O) groups is 1. The van der Waals surface area contributed by atoms with Crippen LogP contribution in [-0.2, 0) is 27.2 Å². The second-order valence-corrected chi connectivity index (χ2v) is 12.2. The Hall–Kier alpha value is -3.76. The van der Waals surface area contributed by atoms with Gasteiger partial charge in [0.15, 0.2) is 11.6 Å². The average molecular weight is 634 g/mol. The zero-order valence-electron chi connectivity index (χ0n) is 26.7. The van der Waals surface area contributed by atoms with Gasteiger partial charge in [0.2, 0.25) is 5.91 Å². The quantitative estimate of drug-likeness (QED) is 0.123. The summed E-state index contributed by atoms with van der Waals surface area (Å²) in [6.07, 6.45) is 11.7. The van der Waals surface area contributed by atoms with Crippen LogP contribution in [0.25, 0.3) is 22.4 Å². The lowest BCUT2D eigenvalue weighted by Gasteiger charge is -2.31. The Morgan fingerprint density at radius 3 is 2.67 bits per heavy atom. The molecule has 0 unspecified atom stereocenters. The van der Waals surface area contributed by atoms with Crippen molar-refractivity contribution in [2.24, 2.45) is 11.8 Å². The Bertz CT molecular complexity index is 1530. The highest BCUT2D eigenvalue weighted by Crippen LogP contribution is 2.34. The second kappa shape index (κ2) is 17.2. The number of carbonyl (C=O) groups excluding carboxylic acids is 1. The molecule has 0 bridgehead atoms. The van der Waals surface area contributed by atoms with Crippen LogP contribution >= 0.6 is 0 Å². The minimum atomic E-state index is -0.459. The molecule has 8 nitrogen and oxygen atoms in total. The van der Waals surface area contributed by atoms with Crippen LogP contribution in [0.3, 0.4) is 0 Å².